The number of aromatic nitrogens is 2. The zero-order valence-corrected chi connectivity index (χ0v) is 12.6. The molecular formula is C11H9Br2N3O2. The fourth-order valence-electron chi connectivity index (χ4n) is 1.53. The lowest BCUT2D eigenvalue weighted by molar-refractivity contribution is -0.386. The Morgan fingerprint density at radius 1 is 1.33 bits per heavy atom. The molecule has 94 valence electrons. The second-order valence-electron chi connectivity index (χ2n) is 3.83. The maximum Gasteiger partial charge on any atom is 0.335 e. The summed E-state index contributed by atoms with van der Waals surface area (Å²) in [6, 6.07) is 7.94. The van der Waals surface area contributed by atoms with Crippen molar-refractivity contribution < 1.29 is 4.92 Å². The molecule has 5 nitrogen and oxygen atoms in total. The van der Waals surface area contributed by atoms with E-state index >= 15 is 0 Å². The Kier molecular flexibility index (Phi) is 3.82. The highest BCUT2D eigenvalue weighted by molar-refractivity contribution is 9.11. The van der Waals surface area contributed by atoms with Gasteiger partial charge in [-0.15, -0.1) is 0 Å². The number of nitro groups is 1. The molecule has 0 aliphatic heterocycles. The second kappa shape index (κ2) is 5.19. The van der Waals surface area contributed by atoms with Crippen LogP contribution in [0.5, 0.6) is 0 Å². The fourth-order valence-corrected chi connectivity index (χ4v) is 2.85. The summed E-state index contributed by atoms with van der Waals surface area (Å²) in [6.45, 7) is 2.49. The van der Waals surface area contributed by atoms with Crippen molar-refractivity contribution in [3.63, 3.8) is 0 Å². The number of hydrogen-bond acceptors (Lipinski definition) is 3. The van der Waals surface area contributed by atoms with Crippen LogP contribution in [0.1, 0.15) is 11.1 Å². The van der Waals surface area contributed by atoms with Gasteiger partial charge in [0.1, 0.15) is 0 Å². The average molecular weight is 375 g/mol. The summed E-state index contributed by atoms with van der Waals surface area (Å²) < 4.78 is 2.14. The highest BCUT2D eigenvalue weighted by atomic mass is 79.9. The van der Waals surface area contributed by atoms with Gasteiger partial charge in [-0.25, -0.2) is 4.68 Å². The Hall–Kier alpha value is -1.21. The van der Waals surface area contributed by atoms with E-state index in [1.54, 1.807) is 4.68 Å². The fraction of sp³-hybridized carbons (Fsp3) is 0.182. The van der Waals surface area contributed by atoms with Gasteiger partial charge in [0.15, 0.2) is 4.60 Å². The smallest absolute Gasteiger partial charge is 0.258 e. The van der Waals surface area contributed by atoms with Crippen LogP contribution in [0.15, 0.2) is 33.5 Å². The Balaban J connectivity index is 2.33. The number of halogens is 2. The molecule has 18 heavy (non-hydrogen) atoms. The molecule has 0 spiro atoms. The highest BCUT2D eigenvalue weighted by Crippen LogP contribution is 2.32. The minimum absolute atomic E-state index is 0.0536. The van der Waals surface area contributed by atoms with Gasteiger partial charge in [-0.05, 0) is 44.3 Å². The lowest BCUT2D eigenvalue weighted by atomic mass is 10.1. The SMILES string of the molecule is Cc1ccc(Cn2nc(Br)c([N+](=O)[O-])c2Br)cc1. The normalized spacial score (nSPS) is 10.6. The first-order valence-electron chi connectivity index (χ1n) is 5.11. The predicted octanol–water partition coefficient (Wildman–Crippen LogP) is 3.67. The van der Waals surface area contributed by atoms with Crippen LogP contribution in [0.4, 0.5) is 5.69 Å². The van der Waals surface area contributed by atoms with Gasteiger partial charge in [-0.3, -0.25) is 10.1 Å². The minimum Gasteiger partial charge on any atom is -0.258 e. The van der Waals surface area contributed by atoms with Crippen LogP contribution < -0.4 is 0 Å². The quantitative estimate of drug-likeness (QED) is 0.608. The molecule has 2 aromatic rings. The van der Waals surface area contributed by atoms with Gasteiger partial charge in [0.2, 0.25) is 4.60 Å². The van der Waals surface area contributed by atoms with E-state index in [2.05, 4.69) is 37.0 Å². The van der Waals surface area contributed by atoms with Crippen molar-refractivity contribution >= 4 is 37.5 Å². The zero-order chi connectivity index (χ0) is 13.3. The van der Waals surface area contributed by atoms with E-state index in [0.29, 0.717) is 11.1 Å². The Bertz CT molecular complexity index is 593. The van der Waals surface area contributed by atoms with Crippen molar-refractivity contribution in [1.82, 2.24) is 9.78 Å². The summed E-state index contributed by atoms with van der Waals surface area (Å²) in [5, 5.41) is 14.9. The molecule has 0 amide bonds. The number of nitrogens with zero attached hydrogens (tertiary/aromatic N) is 3. The van der Waals surface area contributed by atoms with E-state index in [-0.39, 0.29) is 10.3 Å². The molecule has 0 unspecified atom stereocenters. The third-order valence-corrected chi connectivity index (χ3v) is 3.78. The molecule has 0 radical (unpaired) electrons. The van der Waals surface area contributed by atoms with E-state index < -0.39 is 4.92 Å². The lowest BCUT2D eigenvalue weighted by Gasteiger charge is -2.03. The molecular weight excluding hydrogens is 366 g/mol. The summed E-state index contributed by atoms with van der Waals surface area (Å²) in [6.07, 6.45) is 0. The number of aryl methyl sites for hydroxylation is 1. The number of rotatable bonds is 3. The predicted molar refractivity (Wildman–Crippen MR) is 74.6 cm³/mol. The topological polar surface area (TPSA) is 61.0 Å². The maximum atomic E-state index is 10.8. The molecule has 2 rings (SSSR count). The van der Waals surface area contributed by atoms with E-state index in [0.717, 1.165) is 5.56 Å². The molecule has 1 aromatic heterocycles. The Labute approximate surface area is 120 Å². The molecule has 1 heterocycles. The lowest BCUT2D eigenvalue weighted by Crippen LogP contribution is -2.02. The first-order chi connectivity index (χ1) is 8.49. The van der Waals surface area contributed by atoms with Crippen LogP contribution in [0, 0.1) is 17.0 Å². The van der Waals surface area contributed by atoms with Crippen molar-refractivity contribution in [2.45, 2.75) is 13.5 Å². The minimum atomic E-state index is -0.465. The third kappa shape index (κ3) is 2.62. The van der Waals surface area contributed by atoms with E-state index in [4.69, 9.17) is 0 Å². The van der Waals surface area contributed by atoms with Gasteiger partial charge in [0, 0.05) is 0 Å². The molecule has 7 heteroatoms. The summed E-state index contributed by atoms with van der Waals surface area (Å²) in [5.74, 6) is 0. The van der Waals surface area contributed by atoms with Crippen molar-refractivity contribution in [3.8, 4) is 0 Å². The van der Waals surface area contributed by atoms with Crippen LogP contribution in [0.2, 0.25) is 0 Å². The average Bonchev–Trinajstić information content (AvgIpc) is 2.57. The Morgan fingerprint density at radius 3 is 2.44 bits per heavy atom. The van der Waals surface area contributed by atoms with Crippen LogP contribution in [-0.4, -0.2) is 14.7 Å². The third-order valence-electron chi connectivity index (χ3n) is 2.46. The first-order valence-corrected chi connectivity index (χ1v) is 6.69. The molecule has 0 bridgehead atoms. The Morgan fingerprint density at radius 2 is 1.94 bits per heavy atom. The van der Waals surface area contributed by atoms with Crippen molar-refractivity contribution in [1.29, 1.82) is 0 Å². The van der Waals surface area contributed by atoms with E-state index in [1.807, 2.05) is 31.2 Å². The summed E-state index contributed by atoms with van der Waals surface area (Å²) in [5.41, 5.74) is 2.15. The molecule has 0 N–H and O–H groups in total. The van der Waals surface area contributed by atoms with Gasteiger partial charge < -0.3 is 0 Å². The van der Waals surface area contributed by atoms with Crippen LogP contribution in [0.3, 0.4) is 0 Å². The molecule has 1 aromatic carbocycles. The van der Waals surface area contributed by atoms with Gasteiger partial charge in [0.05, 0.1) is 11.5 Å². The number of hydrogen-bond donors (Lipinski definition) is 0. The van der Waals surface area contributed by atoms with E-state index in [9.17, 15) is 10.1 Å². The van der Waals surface area contributed by atoms with Gasteiger partial charge in [-0.2, -0.15) is 5.10 Å². The van der Waals surface area contributed by atoms with Gasteiger partial charge in [-0.1, -0.05) is 29.8 Å². The molecule has 0 aliphatic carbocycles. The highest BCUT2D eigenvalue weighted by Gasteiger charge is 2.24. The number of benzene rings is 1. The van der Waals surface area contributed by atoms with Crippen LogP contribution in [-0.2, 0) is 6.54 Å². The van der Waals surface area contributed by atoms with Crippen LogP contribution >= 0.6 is 31.9 Å². The largest absolute Gasteiger partial charge is 0.335 e. The molecule has 0 fully saturated rings. The summed E-state index contributed by atoms with van der Waals surface area (Å²) in [4.78, 5) is 10.4. The first kappa shape index (κ1) is 13.2. The molecule has 0 aliphatic rings. The van der Waals surface area contributed by atoms with E-state index in [1.165, 1.54) is 5.56 Å². The van der Waals surface area contributed by atoms with Gasteiger partial charge >= 0.3 is 5.69 Å². The zero-order valence-electron chi connectivity index (χ0n) is 9.43. The molecule has 0 atom stereocenters. The maximum absolute atomic E-state index is 10.8. The summed E-state index contributed by atoms with van der Waals surface area (Å²) >= 11 is 6.29. The van der Waals surface area contributed by atoms with Crippen molar-refractivity contribution in [2.24, 2.45) is 0 Å². The van der Waals surface area contributed by atoms with Crippen molar-refractivity contribution in [3.05, 3.63) is 54.7 Å². The van der Waals surface area contributed by atoms with Crippen molar-refractivity contribution in [2.75, 3.05) is 0 Å². The monoisotopic (exact) mass is 373 g/mol. The second-order valence-corrected chi connectivity index (χ2v) is 5.33. The van der Waals surface area contributed by atoms with Gasteiger partial charge in [0.25, 0.3) is 0 Å². The molecule has 0 saturated carbocycles. The summed E-state index contributed by atoms with van der Waals surface area (Å²) in [7, 11) is 0. The standard InChI is InChI=1S/C11H9Br2N3O2/c1-7-2-4-8(5-3-7)6-15-11(13)9(16(17)18)10(12)14-15/h2-5H,6H2,1H3. The molecule has 0 saturated heterocycles. The van der Waals surface area contributed by atoms with Crippen LogP contribution in [0.25, 0.3) is 0 Å².